The zero-order valence-corrected chi connectivity index (χ0v) is 12.9. The van der Waals surface area contributed by atoms with E-state index in [0.717, 1.165) is 29.7 Å². The monoisotopic (exact) mass is 285 g/mol. The van der Waals surface area contributed by atoms with E-state index in [4.69, 9.17) is 0 Å². The maximum Gasteiger partial charge on any atom is 0.252 e. The summed E-state index contributed by atoms with van der Waals surface area (Å²) in [6.45, 7) is 7.79. The number of hydrogen-bond donors (Lipinski definition) is 2. The second kappa shape index (κ2) is 7.07. The average Bonchev–Trinajstić information content (AvgIpc) is 2.49. The largest absolute Gasteiger partial charge is 0.370 e. The quantitative estimate of drug-likeness (QED) is 0.854. The molecule has 112 valence electrons. The summed E-state index contributed by atoms with van der Waals surface area (Å²) in [6.07, 6.45) is 1.02. The molecule has 0 aliphatic rings. The Hall–Kier alpha value is -2.10. The number of pyridine rings is 1. The summed E-state index contributed by atoms with van der Waals surface area (Å²) in [6, 6.07) is 9.59. The number of nitrogens with zero attached hydrogens (tertiary/aromatic N) is 1. The Kier molecular flexibility index (Phi) is 5.14. The smallest absolute Gasteiger partial charge is 0.252 e. The normalized spacial score (nSPS) is 10.9. The van der Waals surface area contributed by atoms with Crippen molar-refractivity contribution in [2.45, 2.75) is 27.2 Å². The van der Waals surface area contributed by atoms with Crippen LogP contribution in [0.2, 0.25) is 0 Å². The molecule has 2 aromatic rings. The number of para-hydroxylation sites is 1. The second-order valence-electron chi connectivity index (χ2n) is 5.60. The summed E-state index contributed by atoms with van der Waals surface area (Å²) in [5.74, 6) is 1.15. The molecule has 4 heteroatoms. The lowest BCUT2D eigenvalue weighted by Gasteiger charge is -2.12. The molecule has 1 aromatic carbocycles. The summed E-state index contributed by atoms with van der Waals surface area (Å²) in [5.41, 5.74) is 1.52. The molecule has 1 amide bonds. The Morgan fingerprint density at radius 3 is 2.76 bits per heavy atom. The minimum atomic E-state index is -0.0400. The van der Waals surface area contributed by atoms with E-state index in [1.807, 2.05) is 30.3 Å². The Balaban J connectivity index is 2.36. The molecule has 4 nitrogen and oxygen atoms in total. The number of anilines is 1. The topological polar surface area (TPSA) is 54.0 Å². The van der Waals surface area contributed by atoms with E-state index in [-0.39, 0.29) is 5.91 Å². The van der Waals surface area contributed by atoms with Crippen LogP contribution < -0.4 is 10.6 Å². The van der Waals surface area contributed by atoms with Crippen LogP contribution in [-0.2, 0) is 0 Å². The van der Waals surface area contributed by atoms with Crippen molar-refractivity contribution in [1.29, 1.82) is 0 Å². The molecule has 0 unspecified atom stereocenters. The minimum absolute atomic E-state index is 0.0400. The predicted octanol–water partition coefficient (Wildman–Crippen LogP) is 3.44. The Bertz CT molecular complexity index is 622. The van der Waals surface area contributed by atoms with Gasteiger partial charge in [0.2, 0.25) is 0 Å². The highest BCUT2D eigenvalue weighted by Gasteiger charge is 2.12. The fraction of sp³-hybridized carbons (Fsp3) is 0.412. The molecule has 1 heterocycles. The highest BCUT2D eigenvalue weighted by molar-refractivity contribution is 6.06. The van der Waals surface area contributed by atoms with Gasteiger partial charge in [-0.3, -0.25) is 4.79 Å². The zero-order chi connectivity index (χ0) is 15.2. The molecule has 0 aliphatic carbocycles. The van der Waals surface area contributed by atoms with Crippen LogP contribution in [0.25, 0.3) is 10.9 Å². The number of rotatable bonds is 6. The SMILES string of the molecule is CCCNc1cc(C(=O)NCC(C)C)c2ccccc2n1. The molecule has 0 saturated carbocycles. The molecule has 1 aromatic heterocycles. The molecular weight excluding hydrogens is 262 g/mol. The van der Waals surface area contributed by atoms with Gasteiger partial charge in [-0.05, 0) is 24.5 Å². The summed E-state index contributed by atoms with van der Waals surface area (Å²) in [4.78, 5) is 17.0. The van der Waals surface area contributed by atoms with Gasteiger partial charge in [0.25, 0.3) is 5.91 Å². The molecule has 0 bridgehead atoms. The molecule has 0 radical (unpaired) electrons. The molecule has 2 N–H and O–H groups in total. The summed E-state index contributed by atoms with van der Waals surface area (Å²) >= 11 is 0. The number of fused-ring (bicyclic) bond motifs is 1. The number of carbonyl (C=O) groups is 1. The molecular formula is C17H23N3O. The fourth-order valence-electron chi connectivity index (χ4n) is 2.10. The number of benzene rings is 1. The number of nitrogens with one attached hydrogen (secondary N) is 2. The van der Waals surface area contributed by atoms with Crippen molar-refractivity contribution in [1.82, 2.24) is 10.3 Å². The Morgan fingerprint density at radius 2 is 2.05 bits per heavy atom. The van der Waals surface area contributed by atoms with Crippen LogP contribution in [0.5, 0.6) is 0 Å². The van der Waals surface area contributed by atoms with Crippen molar-refractivity contribution in [3.8, 4) is 0 Å². The first kappa shape index (κ1) is 15.3. The van der Waals surface area contributed by atoms with Gasteiger partial charge >= 0.3 is 0 Å². The standard InChI is InChI=1S/C17H23N3O/c1-4-9-18-16-10-14(17(21)19-11-12(2)3)13-7-5-6-8-15(13)20-16/h5-8,10,12H,4,9,11H2,1-3H3,(H,18,20)(H,19,21). The van der Waals surface area contributed by atoms with E-state index in [2.05, 4.69) is 36.4 Å². The van der Waals surface area contributed by atoms with Gasteiger partial charge in [0.05, 0.1) is 11.1 Å². The third kappa shape index (κ3) is 3.94. The first-order valence-electron chi connectivity index (χ1n) is 7.53. The molecule has 0 saturated heterocycles. The van der Waals surface area contributed by atoms with Crippen molar-refractivity contribution < 1.29 is 4.79 Å². The van der Waals surface area contributed by atoms with Crippen LogP contribution in [0.3, 0.4) is 0 Å². The van der Waals surface area contributed by atoms with Crippen LogP contribution in [0, 0.1) is 5.92 Å². The van der Waals surface area contributed by atoms with Gasteiger partial charge < -0.3 is 10.6 Å². The maximum atomic E-state index is 12.4. The van der Waals surface area contributed by atoms with Gasteiger partial charge in [0.1, 0.15) is 5.82 Å². The molecule has 0 aliphatic heterocycles. The molecule has 21 heavy (non-hydrogen) atoms. The van der Waals surface area contributed by atoms with Crippen LogP contribution in [0.15, 0.2) is 30.3 Å². The van der Waals surface area contributed by atoms with Gasteiger partial charge in [0, 0.05) is 18.5 Å². The van der Waals surface area contributed by atoms with Crippen molar-refractivity contribution >= 4 is 22.6 Å². The second-order valence-corrected chi connectivity index (χ2v) is 5.60. The summed E-state index contributed by atoms with van der Waals surface area (Å²) in [7, 11) is 0. The number of carbonyl (C=O) groups excluding carboxylic acids is 1. The number of hydrogen-bond acceptors (Lipinski definition) is 3. The maximum absolute atomic E-state index is 12.4. The van der Waals surface area contributed by atoms with E-state index >= 15 is 0 Å². The lowest BCUT2D eigenvalue weighted by Crippen LogP contribution is -2.27. The van der Waals surface area contributed by atoms with Crippen molar-refractivity contribution in [3.05, 3.63) is 35.9 Å². The first-order valence-corrected chi connectivity index (χ1v) is 7.53. The Morgan fingerprint density at radius 1 is 1.29 bits per heavy atom. The lowest BCUT2D eigenvalue weighted by molar-refractivity contribution is 0.0950. The molecule has 0 fully saturated rings. The van der Waals surface area contributed by atoms with Crippen molar-refractivity contribution in [3.63, 3.8) is 0 Å². The Labute approximate surface area is 126 Å². The van der Waals surface area contributed by atoms with Gasteiger partial charge in [0.15, 0.2) is 0 Å². The average molecular weight is 285 g/mol. The van der Waals surface area contributed by atoms with E-state index in [0.29, 0.717) is 18.0 Å². The van der Waals surface area contributed by atoms with Gasteiger partial charge in [-0.2, -0.15) is 0 Å². The third-order valence-electron chi connectivity index (χ3n) is 3.19. The van der Waals surface area contributed by atoms with Crippen LogP contribution in [0.4, 0.5) is 5.82 Å². The van der Waals surface area contributed by atoms with E-state index in [1.165, 1.54) is 0 Å². The minimum Gasteiger partial charge on any atom is -0.370 e. The van der Waals surface area contributed by atoms with Gasteiger partial charge in [-0.1, -0.05) is 39.0 Å². The van der Waals surface area contributed by atoms with Crippen LogP contribution in [-0.4, -0.2) is 24.0 Å². The van der Waals surface area contributed by atoms with E-state index in [1.54, 1.807) is 0 Å². The summed E-state index contributed by atoms with van der Waals surface area (Å²) in [5, 5.41) is 7.12. The predicted molar refractivity (Wildman–Crippen MR) is 87.7 cm³/mol. The van der Waals surface area contributed by atoms with Crippen molar-refractivity contribution in [2.75, 3.05) is 18.4 Å². The van der Waals surface area contributed by atoms with Crippen molar-refractivity contribution in [2.24, 2.45) is 5.92 Å². The first-order chi connectivity index (χ1) is 10.1. The van der Waals surface area contributed by atoms with Crippen LogP contribution >= 0.6 is 0 Å². The molecule has 2 rings (SSSR count). The van der Waals surface area contributed by atoms with Gasteiger partial charge in [-0.25, -0.2) is 4.98 Å². The van der Waals surface area contributed by atoms with E-state index in [9.17, 15) is 4.79 Å². The fourth-order valence-corrected chi connectivity index (χ4v) is 2.10. The zero-order valence-electron chi connectivity index (χ0n) is 12.9. The highest BCUT2D eigenvalue weighted by atomic mass is 16.1. The summed E-state index contributed by atoms with van der Waals surface area (Å²) < 4.78 is 0. The number of aromatic nitrogens is 1. The molecule has 0 atom stereocenters. The number of amides is 1. The van der Waals surface area contributed by atoms with Gasteiger partial charge in [-0.15, -0.1) is 0 Å². The third-order valence-corrected chi connectivity index (χ3v) is 3.19. The highest BCUT2D eigenvalue weighted by Crippen LogP contribution is 2.20. The van der Waals surface area contributed by atoms with Crippen LogP contribution in [0.1, 0.15) is 37.6 Å². The van der Waals surface area contributed by atoms with E-state index < -0.39 is 0 Å². The lowest BCUT2D eigenvalue weighted by atomic mass is 10.1. The molecule has 0 spiro atoms.